The first-order valence-electron chi connectivity index (χ1n) is 9.03. The maximum absolute atomic E-state index is 14.1. The molecule has 144 valence electrons. The quantitative estimate of drug-likeness (QED) is 0.736. The summed E-state index contributed by atoms with van der Waals surface area (Å²) in [6.07, 6.45) is 1.68. The van der Waals surface area contributed by atoms with E-state index in [1.165, 1.54) is 18.2 Å². The molecule has 0 saturated carbocycles. The van der Waals surface area contributed by atoms with Crippen LogP contribution in [0, 0.1) is 17.5 Å². The highest BCUT2D eigenvalue weighted by Crippen LogP contribution is 2.25. The van der Waals surface area contributed by atoms with Gasteiger partial charge in [-0.3, -0.25) is 4.79 Å². The van der Waals surface area contributed by atoms with Gasteiger partial charge in [-0.2, -0.15) is 0 Å². The lowest BCUT2D eigenvalue weighted by molar-refractivity contribution is 0.0985. The second kappa shape index (κ2) is 8.13. The van der Waals surface area contributed by atoms with Gasteiger partial charge in [0.15, 0.2) is 5.78 Å². The van der Waals surface area contributed by atoms with Gasteiger partial charge in [0.05, 0.1) is 5.56 Å². The molecule has 0 amide bonds. The zero-order valence-corrected chi connectivity index (χ0v) is 15.5. The first kappa shape index (κ1) is 19.4. The Kier molecular flexibility index (Phi) is 5.85. The second-order valence-electron chi connectivity index (χ2n) is 7.16. The summed E-state index contributed by atoms with van der Waals surface area (Å²) in [6.45, 7) is 1.95. The smallest absolute Gasteiger partial charge is 0.173 e. The van der Waals surface area contributed by atoms with Crippen molar-refractivity contribution in [2.75, 3.05) is 32.1 Å². The normalized spacial score (nSPS) is 15.7. The number of likely N-dealkylation sites (tertiary alicyclic amines) is 1. The van der Waals surface area contributed by atoms with Crippen molar-refractivity contribution in [1.29, 1.82) is 0 Å². The second-order valence-corrected chi connectivity index (χ2v) is 7.16. The van der Waals surface area contributed by atoms with Crippen LogP contribution in [0.2, 0.25) is 0 Å². The van der Waals surface area contributed by atoms with Crippen molar-refractivity contribution in [2.24, 2.45) is 0 Å². The molecule has 6 heteroatoms. The molecular formula is C21H23F3N2O. The molecule has 1 saturated heterocycles. The molecule has 3 nitrogen and oxygen atoms in total. The number of halogens is 3. The Morgan fingerprint density at radius 2 is 1.74 bits per heavy atom. The summed E-state index contributed by atoms with van der Waals surface area (Å²) in [5, 5.41) is 0. The van der Waals surface area contributed by atoms with E-state index in [0.29, 0.717) is 11.3 Å². The lowest BCUT2D eigenvalue weighted by Gasteiger charge is -2.36. The first-order chi connectivity index (χ1) is 12.8. The minimum absolute atomic E-state index is 0.260. The lowest BCUT2D eigenvalue weighted by atomic mass is 10.00. The summed E-state index contributed by atoms with van der Waals surface area (Å²) >= 11 is 0. The van der Waals surface area contributed by atoms with Crippen LogP contribution < -0.4 is 4.90 Å². The molecule has 1 aliphatic rings. The van der Waals surface area contributed by atoms with E-state index in [1.807, 2.05) is 11.9 Å². The molecule has 2 aromatic carbocycles. The van der Waals surface area contributed by atoms with Crippen LogP contribution in [0.25, 0.3) is 0 Å². The van der Waals surface area contributed by atoms with E-state index in [2.05, 4.69) is 11.9 Å². The van der Waals surface area contributed by atoms with Gasteiger partial charge >= 0.3 is 0 Å². The fraction of sp³-hybridized carbons (Fsp3) is 0.381. The van der Waals surface area contributed by atoms with E-state index in [-0.39, 0.29) is 12.5 Å². The predicted octanol–water partition coefficient (Wildman–Crippen LogP) is 4.06. The van der Waals surface area contributed by atoms with Crippen molar-refractivity contribution in [3.63, 3.8) is 0 Å². The Bertz CT molecular complexity index is 812. The highest BCUT2D eigenvalue weighted by atomic mass is 19.1. The zero-order valence-electron chi connectivity index (χ0n) is 15.5. The highest BCUT2D eigenvalue weighted by molar-refractivity contribution is 5.98. The van der Waals surface area contributed by atoms with Crippen molar-refractivity contribution in [1.82, 2.24) is 4.90 Å². The van der Waals surface area contributed by atoms with E-state index in [1.54, 1.807) is 6.07 Å². The first-order valence-corrected chi connectivity index (χ1v) is 9.03. The molecule has 3 rings (SSSR count). The van der Waals surface area contributed by atoms with E-state index < -0.39 is 28.8 Å². The fourth-order valence-electron chi connectivity index (χ4n) is 3.57. The van der Waals surface area contributed by atoms with Gasteiger partial charge in [0, 0.05) is 25.2 Å². The summed E-state index contributed by atoms with van der Waals surface area (Å²) in [5.41, 5.74) is 0.491. The number of hydrogen-bond acceptors (Lipinski definition) is 3. The van der Waals surface area contributed by atoms with Gasteiger partial charge in [0.1, 0.15) is 17.5 Å². The minimum Gasteiger partial charge on any atom is -0.371 e. The molecule has 0 aromatic heterocycles. The van der Waals surface area contributed by atoms with Crippen molar-refractivity contribution in [2.45, 2.75) is 25.3 Å². The SMILES string of the molecule is CN1CCC(N(C)c2cc(F)cc(CC(=O)c3c(F)cccc3F)c2)CC1. The number of rotatable bonds is 5. The molecule has 0 atom stereocenters. The van der Waals surface area contributed by atoms with Gasteiger partial charge in [0.25, 0.3) is 0 Å². The van der Waals surface area contributed by atoms with E-state index in [9.17, 15) is 18.0 Å². The molecule has 0 unspecified atom stereocenters. The van der Waals surface area contributed by atoms with E-state index in [4.69, 9.17) is 0 Å². The number of benzene rings is 2. The molecule has 0 spiro atoms. The molecule has 0 radical (unpaired) electrons. The molecule has 0 aliphatic carbocycles. The van der Waals surface area contributed by atoms with E-state index >= 15 is 0 Å². The number of nitrogens with zero attached hydrogens (tertiary/aromatic N) is 2. The van der Waals surface area contributed by atoms with Gasteiger partial charge in [-0.15, -0.1) is 0 Å². The molecule has 1 aliphatic heterocycles. The van der Waals surface area contributed by atoms with Crippen molar-refractivity contribution in [3.05, 3.63) is 65.0 Å². The third kappa shape index (κ3) is 4.50. The number of carbonyl (C=O) groups is 1. The molecule has 0 N–H and O–H groups in total. The zero-order chi connectivity index (χ0) is 19.6. The molecular weight excluding hydrogens is 353 g/mol. The largest absolute Gasteiger partial charge is 0.371 e. The number of hydrogen-bond donors (Lipinski definition) is 0. The van der Waals surface area contributed by atoms with Gasteiger partial charge in [-0.05, 0) is 68.9 Å². The maximum Gasteiger partial charge on any atom is 0.173 e. The standard InChI is InChI=1S/C21H23F3N2O/c1-25-8-6-16(7-9-25)26(2)17-11-14(10-15(22)13-17)12-20(27)21-18(23)4-3-5-19(21)24/h3-5,10-11,13,16H,6-9,12H2,1-2H3. The Balaban J connectivity index is 1.80. The Hall–Kier alpha value is -2.34. The van der Waals surface area contributed by atoms with Crippen LogP contribution in [0.15, 0.2) is 36.4 Å². The summed E-state index contributed by atoms with van der Waals surface area (Å²) in [5.74, 6) is -2.98. The average molecular weight is 376 g/mol. The predicted molar refractivity (Wildman–Crippen MR) is 99.7 cm³/mol. The fourth-order valence-corrected chi connectivity index (χ4v) is 3.57. The highest BCUT2D eigenvalue weighted by Gasteiger charge is 2.22. The third-order valence-corrected chi connectivity index (χ3v) is 5.19. The molecule has 27 heavy (non-hydrogen) atoms. The van der Waals surface area contributed by atoms with Gasteiger partial charge in [0.2, 0.25) is 0 Å². The van der Waals surface area contributed by atoms with Crippen LogP contribution in [0.4, 0.5) is 18.9 Å². The number of carbonyl (C=O) groups excluding carboxylic acids is 1. The number of anilines is 1. The topological polar surface area (TPSA) is 23.6 Å². The van der Waals surface area contributed by atoms with Gasteiger partial charge < -0.3 is 9.80 Å². The van der Waals surface area contributed by atoms with Crippen LogP contribution in [-0.2, 0) is 6.42 Å². The van der Waals surface area contributed by atoms with Gasteiger partial charge in [-0.1, -0.05) is 6.07 Å². The lowest BCUT2D eigenvalue weighted by Crippen LogP contribution is -2.42. The molecule has 1 fully saturated rings. The summed E-state index contributed by atoms with van der Waals surface area (Å²) in [6, 6.07) is 7.97. The number of ketones is 1. The Morgan fingerprint density at radius 3 is 2.37 bits per heavy atom. The Morgan fingerprint density at radius 1 is 1.11 bits per heavy atom. The van der Waals surface area contributed by atoms with Crippen LogP contribution in [0.1, 0.15) is 28.8 Å². The monoisotopic (exact) mass is 376 g/mol. The van der Waals surface area contributed by atoms with Crippen molar-refractivity contribution < 1.29 is 18.0 Å². The molecule has 2 aromatic rings. The van der Waals surface area contributed by atoms with Crippen LogP contribution in [0.3, 0.4) is 0 Å². The number of piperidine rings is 1. The summed E-state index contributed by atoms with van der Waals surface area (Å²) in [4.78, 5) is 16.6. The van der Waals surface area contributed by atoms with Crippen LogP contribution in [-0.4, -0.2) is 43.9 Å². The van der Waals surface area contributed by atoms with Crippen molar-refractivity contribution >= 4 is 11.5 Å². The summed E-state index contributed by atoms with van der Waals surface area (Å²) in [7, 11) is 3.98. The molecule has 1 heterocycles. The summed E-state index contributed by atoms with van der Waals surface area (Å²) < 4.78 is 41.8. The minimum atomic E-state index is -0.903. The van der Waals surface area contributed by atoms with Crippen LogP contribution in [0.5, 0.6) is 0 Å². The van der Waals surface area contributed by atoms with Crippen molar-refractivity contribution in [3.8, 4) is 0 Å². The third-order valence-electron chi connectivity index (χ3n) is 5.19. The van der Waals surface area contributed by atoms with E-state index in [0.717, 1.165) is 38.1 Å². The Labute approximate surface area is 157 Å². The maximum atomic E-state index is 14.1. The van der Waals surface area contributed by atoms with Gasteiger partial charge in [-0.25, -0.2) is 13.2 Å². The van der Waals surface area contributed by atoms with Crippen LogP contribution >= 0.6 is 0 Å². The number of Topliss-reactive ketones (excluding diaryl/α,β-unsaturated/α-hetero) is 1. The molecule has 0 bridgehead atoms. The average Bonchev–Trinajstić information content (AvgIpc) is 2.61.